The molecule has 1 N–H and O–H groups in total. The summed E-state index contributed by atoms with van der Waals surface area (Å²) in [7, 11) is -9.71. The van der Waals surface area contributed by atoms with Crippen LogP contribution in [0.2, 0.25) is 0 Å². The molecule has 19 heavy (non-hydrogen) atoms. The second-order valence-corrected chi connectivity index (χ2v) is 7.33. The van der Waals surface area contributed by atoms with E-state index < -0.39 is 37.3 Å². The number of unbranched alkanes of at least 4 members (excludes halogenated alkanes) is 3. The Bertz CT molecular complexity index is 431. The Kier molecular flexibility index (Phi) is 11.2. The number of aliphatic hydroxyl groups excluding tert-OH is 1. The van der Waals surface area contributed by atoms with Crippen LogP contribution in [0, 0.1) is 0 Å². The van der Waals surface area contributed by atoms with Crippen LogP contribution in [0.4, 0.5) is 0 Å². The van der Waals surface area contributed by atoms with Crippen molar-refractivity contribution in [3.05, 3.63) is 0 Å². The molecule has 0 spiro atoms. The molecule has 0 saturated carbocycles. The van der Waals surface area contributed by atoms with Crippen LogP contribution in [0.3, 0.4) is 0 Å². The van der Waals surface area contributed by atoms with Gasteiger partial charge in [0.15, 0.2) is 0 Å². The quantitative estimate of drug-likeness (QED) is 0.273. The van der Waals surface area contributed by atoms with Gasteiger partial charge in [-0.3, -0.25) is 0 Å². The standard InChI is InChI=1S/C9H20O7S2.Na/c1-2-3-4-5-6-8(17(11,12)13)7-9(10)18(14,15)16;/h8-10H,2-7H2,1H3,(H,11,12,13)(H,14,15,16);/q;+1/p-2. The predicted molar refractivity (Wildman–Crippen MR) is 62.6 cm³/mol. The first-order chi connectivity index (χ1) is 8.09. The molecule has 110 valence electrons. The van der Waals surface area contributed by atoms with E-state index in [0.29, 0.717) is 12.8 Å². The van der Waals surface area contributed by atoms with E-state index in [1.54, 1.807) is 0 Å². The van der Waals surface area contributed by atoms with E-state index >= 15 is 0 Å². The molecule has 0 heterocycles. The minimum atomic E-state index is -4.99. The van der Waals surface area contributed by atoms with Crippen LogP contribution in [0.1, 0.15) is 45.4 Å². The van der Waals surface area contributed by atoms with Gasteiger partial charge >= 0.3 is 29.6 Å². The van der Waals surface area contributed by atoms with Crippen molar-refractivity contribution in [1.29, 1.82) is 0 Å². The van der Waals surface area contributed by atoms with Gasteiger partial charge in [0.2, 0.25) is 0 Å². The van der Waals surface area contributed by atoms with Crippen molar-refractivity contribution >= 4 is 20.2 Å². The minimum Gasteiger partial charge on any atom is -0.748 e. The molecule has 0 aliphatic rings. The Hall–Kier alpha value is 0.780. The molecule has 7 nitrogen and oxygen atoms in total. The van der Waals surface area contributed by atoms with Gasteiger partial charge in [-0.1, -0.05) is 32.6 Å². The molecule has 10 heteroatoms. The Morgan fingerprint density at radius 2 is 1.53 bits per heavy atom. The molecule has 0 aromatic carbocycles. The van der Waals surface area contributed by atoms with Gasteiger partial charge in [-0.05, 0) is 6.42 Å². The van der Waals surface area contributed by atoms with Gasteiger partial charge in [-0.15, -0.1) is 0 Å². The SMILES string of the molecule is CCCCCCC(CC(O)S(=O)(=O)[O-])S(=O)(=O)[O-].[Na+]. The second kappa shape index (κ2) is 9.67. The number of hydrogen-bond acceptors (Lipinski definition) is 7. The van der Waals surface area contributed by atoms with Crippen LogP contribution in [0.25, 0.3) is 0 Å². The fourth-order valence-corrected chi connectivity index (χ4v) is 2.98. The van der Waals surface area contributed by atoms with E-state index in [1.165, 1.54) is 0 Å². The number of hydrogen-bond donors (Lipinski definition) is 1. The van der Waals surface area contributed by atoms with Crippen molar-refractivity contribution in [1.82, 2.24) is 0 Å². The molecule has 0 bridgehead atoms. The molecule has 0 saturated heterocycles. The molecule has 0 aliphatic heterocycles. The second-order valence-electron chi connectivity index (χ2n) is 4.15. The summed E-state index contributed by atoms with van der Waals surface area (Å²) < 4.78 is 64.1. The third-order valence-corrected chi connectivity index (χ3v) is 4.69. The van der Waals surface area contributed by atoms with E-state index in [0.717, 1.165) is 12.8 Å². The zero-order valence-corrected chi connectivity index (χ0v) is 14.7. The van der Waals surface area contributed by atoms with Gasteiger partial charge in [0.1, 0.15) is 15.6 Å². The minimum absolute atomic E-state index is 0. The van der Waals surface area contributed by atoms with E-state index in [9.17, 15) is 25.9 Å². The van der Waals surface area contributed by atoms with E-state index in [-0.39, 0.29) is 36.0 Å². The smallest absolute Gasteiger partial charge is 0.748 e. The van der Waals surface area contributed by atoms with Gasteiger partial charge in [-0.25, -0.2) is 16.8 Å². The van der Waals surface area contributed by atoms with Gasteiger partial charge in [0.05, 0.1) is 15.4 Å². The van der Waals surface area contributed by atoms with Crippen molar-refractivity contribution in [3.63, 3.8) is 0 Å². The predicted octanol–water partition coefficient (Wildman–Crippen LogP) is -2.87. The van der Waals surface area contributed by atoms with Gasteiger partial charge in [-0.2, -0.15) is 0 Å². The van der Waals surface area contributed by atoms with Crippen molar-refractivity contribution in [3.8, 4) is 0 Å². The van der Waals surface area contributed by atoms with E-state index in [2.05, 4.69) is 0 Å². The molecule has 2 atom stereocenters. The zero-order valence-electron chi connectivity index (χ0n) is 11.1. The first-order valence-corrected chi connectivity index (χ1v) is 8.60. The Labute approximate surface area is 136 Å². The monoisotopic (exact) mass is 325 g/mol. The fourth-order valence-electron chi connectivity index (χ4n) is 1.52. The molecule has 0 radical (unpaired) electrons. The molecule has 2 unspecified atom stereocenters. The molecule has 0 fully saturated rings. The maximum absolute atomic E-state index is 10.9. The fraction of sp³-hybridized carbons (Fsp3) is 1.00. The van der Waals surface area contributed by atoms with Crippen molar-refractivity contribution in [2.45, 2.75) is 56.1 Å². The van der Waals surface area contributed by atoms with E-state index in [4.69, 9.17) is 5.11 Å². The topological polar surface area (TPSA) is 135 Å². The zero-order chi connectivity index (χ0) is 14.4. The summed E-state index contributed by atoms with van der Waals surface area (Å²) in [6.45, 7) is 1.95. The third kappa shape index (κ3) is 10.2. The van der Waals surface area contributed by atoms with Gasteiger partial charge in [0, 0.05) is 6.42 Å². The summed E-state index contributed by atoms with van der Waals surface area (Å²) >= 11 is 0. The Balaban J connectivity index is 0. The average molecular weight is 325 g/mol. The maximum Gasteiger partial charge on any atom is 1.00 e. The summed E-state index contributed by atoms with van der Waals surface area (Å²) in [6.07, 6.45) is 2.04. The van der Waals surface area contributed by atoms with Crippen molar-refractivity contribution in [2.75, 3.05) is 0 Å². The molecule has 0 aliphatic carbocycles. The maximum atomic E-state index is 10.9. The normalized spacial score (nSPS) is 15.6. The Morgan fingerprint density at radius 3 is 1.89 bits per heavy atom. The molecule has 0 amide bonds. The average Bonchev–Trinajstić information content (AvgIpc) is 2.19. The molecular weight excluding hydrogens is 307 g/mol. The van der Waals surface area contributed by atoms with Crippen molar-refractivity contribution < 1.29 is 60.6 Å². The molecule has 0 rings (SSSR count). The Morgan fingerprint density at radius 1 is 1.00 bits per heavy atom. The van der Waals surface area contributed by atoms with Crippen LogP contribution in [-0.4, -0.2) is 41.7 Å². The molecular formula is C9H18NaO7S2-. The number of rotatable bonds is 9. The van der Waals surface area contributed by atoms with Crippen LogP contribution in [0.5, 0.6) is 0 Å². The van der Waals surface area contributed by atoms with E-state index in [1.807, 2.05) is 6.92 Å². The molecule has 0 aromatic rings. The van der Waals surface area contributed by atoms with Crippen LogP contribution >= 0.6 is 0 Å². The van der Waals surface area contributed by atoms with Crippen LogP contribution < -0.4 is 29.6 Å². The van der Waals surface area contributed by atoms with Crippen LogP contribution in [-0.2, 0) is 20.2 Å². The van der Waals surface area contributed by atoms with Gasteiger partial charge in [0.25, 0.3) is 0 Å². The molecule has 0 aromatic heterocycles. The third-order valence-electron chi connectivity index (χ3n) is 2.59. The van der Waals surface area contributed by atoms with Crippen molar-refractivity contribution in [2.24, 2.45) is 0 Å². The summed E-state index contributed by atoms with van der Waals surface area (Å²) in [5.41, 5.74) is -2.35. The van der Waals surface area contributed by atoms with Crippen LogP contribution in [0.15, 0.2) is 0 Å². The first kappa shape index (κ1) is 22.1. The largest absolute Gasteiger partial charge is 1.00 e. The first-order valence-electron chi connectivity index (χ1n) is 5.66. The summed E-state index contributed by atoms with van der Waals surface area (Å²) in [4.78, 5) is 0. The summed E-state index contributed by atoms with van der Waals surface area (Å²) in [6, 6.07) is 0. The van der Waals surface area contributed by atoms with Gasteiger partial charge < -0.3 is 14.2 Å². The summed E-state index contributed by atoms with van der Waals surface area (Å²) in [5, 5.41) is 7.48. The summed E-state index contributed by atoms with van der Waals surface area (Å²) in [5.74, 6) is 0. The number of aliphatic hydroxyl groups is 1.